The van der Waals surface area contributed by atoms with Crippen molar-refractivity contribution in [1.29, 1.82) is 0 Å². The highest BCUT2D eigenvalue weighted by Gasteiger charge is 2.24. The minimum Gasteiger partial charge on any atom is -0.481 e. The lowest BCUT2D eigenvalue weighted by atomic mass is 10.0. The van der Waals surface area contributed by atoms with E-state index in [1.54, 1.807) is 62.4 Å². The number of hydrogen-bond donors (Lipinski definition) is 5. The largest absolute Gasteiger partial charge is 0.481 e. The molecule has 0 aliphatic carbocycles. The van der Waals surface area contributed by atoms with Gasteiger partial charge in [-0.2, -0.15) is 0 Å². The number of urea groups is 3. The Morgan fingerprint density at radius 2 is 1.67 bits per heavy atom. The minimum absolute atomic E-state index is 0.0396. The van der Waals surface area contributed by atoms with Crippen LogP contribution in [0.5, 0.6) is 0 Å². The molecule has 12 nitrogen and oxygen atoms in total. The molecule has 0 spiro atoms. The Bertz CT molecular complexity index is 1510. The van der Waals surface area contributed by atoms with Crippen LogP contribution in [0.25, 0.3) is 0 Å². The van der Waals surface area contributed by atoms with E-state index in [4.69, 9.17) is 11.6 Å². The molecule has 0 bridgehead atoms. The normalized spacial score (nSPS) is 11.2. The van der Waals surface area contributed by atoms with Crippen LogP contribution in [0.3, 0.4) is 0 Å². The molecule has 5 N–H and O–H groups in total. The SMILES string of the molecule is CCNC(=O)N(CC)C(=O)Nc1ccn(Cc2ccccc2Cl)c(=O)c1NC(=O)NC(CC(=O)O)c1ccc(C)cc1. The number of anilines is 2. The number of nitrogens with zero attached hydrogens (tertiary/aromatic N) is 2. The van der Waals surface area contributed by atoms with Gasteiger partial charge in [-0.1, -0.05) is 59.6 Å². The predicted octanol–water partition coefficient (Wildman–Crippen LogP) is 4.78. The minimum atomic E-state index is -1.14. The summed E-state index contributed by atoms with van der Waals surface area (Å²) in [6, 6.07) is 12.1. The zero-order valence-corrected chi connectivity index (χ0v) is 24.2. The number of benzene rings is 2. The maximum absolute atomic E-state index is 13.6. The second-order valence-electron chi connectivity index (χ2n) is 9.30. The van der Waals surface area contributed by atoms with Crippen molar-refractivity contribution in [3.8, 4) is 0 Å². The third-order valence-electron chi connectivity index (χ3n) is 6.24. The molecule has 3 aromatic rings. The molecule has 1 unspecified atom stereocenters. The monoisotopic (exact) mass is 596 g/mol. The Morgan fingerprint density at radius 3 is 2.29 bits per heavy atom. The topological polar surface area (TPSA) is 162 Å². The van der Waals surface area contributed by atoms with Gasteiger partial charge in [0.25, 0.3) is 5.56 Å². The van der Waals surface area contributed by atoms with Gasteiger partial charge in [0, 0.05) is 24.3 Å². The zero-order valence-electron chi connectivity index (χ0n) is 23.4. The van der Waals surface area contributed by atoms with Crippen LogP contribution in [0, 0.1) is 6.92 Å². The number of amides is 6. The number of hydrogen-bond acceptors (Lipinski definition) is 5. The van der Waals surface area contributed by atoms with E-state index in [0.29, 0.717) is 22.7 Å². The number of halogens is 1. The van der Waals surface area contributed by atoms with Crippen molar-refractivity contribution in [2.45, 2.75) is 39.8 Å². The number of carboxylic acids is 1. The summed E-state index contributed by atoms with van der Waals surface area (Å²) in [6.45, 7) is 5.59. The van der Waals surface area contributed by atoms with Crippen LogP contribution < -0.4 is 26.8 Å². The van der Waals surface area contributed by atoms with Gasteiger partial charge in [0.1, 0.15) is 5.69 Å². The van der Waals surface area contributed by atoms with E-state index in [2.05, 4.69) is 21.3 Å². The molecular formula is C29H33ClN6O6. The molecule has 0 aliphatic rings. The number of aliphatic carboxylic acids is 1. The summed E-state index contributed by atoms with van der Waals surface area (Å²) in [5, 5.41) is 20.0. The summed E-state index contributed by atoms with van der Waals surface area (Å²) in [4.78, 5) is 64.5. The van der Waals surface area contributed by atoms with Crippen molar-refractivity contribution in [1.82, 2.24) is 20.1 Å². The van der Waals surface area contributed by atoms with Gasteiger partial charge in [0.15, 0.2) is 0 Å². The molecule has 222 valence electrons. The number of nitrogens with one attached hydrogen (secondary N) is 4. The van der Waals surface area contributed by atoms with Crippen LogP contribution in [0.1, 0.15) is 43.0 Å². The number of carbonyl (C=O) groups is 4. The standard InChI is InChI=1S/C29H33ClN6O6/c1-4-31-28(41)36(5-2)29(42)33-22-14-15-35(17-20-8-6-7-9-21(20)30)26(39)25(22)34-27(40)32-23(16-24(37)38)19-12-10-18(3)11-13-19/h6-15,23H,4-5,16-17H2,1-3H3,(H,31,41)(H,33,42)(H,37,38)(H2,32,34,40). The lowest BCUT2D eigenvalue weighted by molar-refractivity contribution is -0.137. The van der Waals surface area contributed by atoms with E-state index in [9.17, 15) is 29.1 Å². The van der Waals surface area contributed by atoms with Crippen molar-refractivity contribution < 1.29 is 24.3 Å². The highest BCUT2D eigenvalue weighted by atomic mass is 35.5. The summed E-state index contributed by atoms with van der Waals surface area (Å²) >= 11 is 6.28. The Kier molecular flexibility index (Phi) is 11.1. The number of aryl methyl sites for hydroxylation is 1. The fourth-order valence-corrected chi connectivity index (χ4v) is 4.27. The summed E-state index contributed by atoms with van der Waals surface area (Å²) in [5.74, 6) is -1.14. The summed E-state index contributed by atoms with van der Waals surface area (Å²) in [7, 11) is 0. The molecule has 0 saturated heterocycles. The first-order chi connectivity index (χ1) is 20.0. The first kappa shape index (κ1) is 31.7. The van der Waals surface area contributed by atoms with Crippen molar-refractivity contribution >= 4 is 47.0 Å². The van der Waals surface area contributed by atoms with Crippen LogP contribution in [-0.4, -0.2) is 51.7 Å². The van der Waals surface area contributed by atoms with Crippen LogP contribution in [0.2, 0.25) is 5.02 Å². The maximum atomic E-state index is 13.6. The van der Waals surface area contributed by atoms with Gasteiger partial charge in [-0.25, -0.2) is 19.3 Å². The number of carbonyl (C=O) groups excluding carboxylic acids is 3. The van der Waals surface area contributed by atoms with E-state index < -0.39 is 42.1 Å². The van der Waals surface area contributed by atoms with Crippen molar-refractivity contribution in [2.24, 2.45) is 0 Å². The Morgan fingerprint density at radius 1 is 0.976 bits per heavy atom. The van der Waals surface area contributed by atoms with Gasteiger partial charge < -0.3 is 30.9 Å². The summed E-state index contributed by atoms with van der Waals surface area (Å²) in [6.07, 6.45) is 1.01. The summed E-state index contributed by atoms with van der Waals surface area (Å²) < 4.78 is 1.29. The Hall–Kier alpha value is -4.84. The number of carboxylic acid groups (broad SMARTS) is 1. The highest BCUT2D eigenvalue weighted by molar-refractivity contribution is 6.31. The molecule has 1 heterocycles. The molecule has 0 aliphatic heterocycles. The third-order valence-corrected chi connectivity index (χ3v) is 6.61. The summed E-state index contributed by atoms with van der Waals surface area (Å²) in [5.41, 5.74) is 1.12. The molecule has 3 rings (SSSR count). The fraction of sp³-hybridized carbons (Fsp3) is 0.276. The lowest BCUT2D eigenvalue weighted by Gasteiger charge is -2.22. The fourth-order valence-electron chi connectivity index (χ4n) is 4.08. The molecule has 2 aromatic carbocycles. The molecule has 0 saturated carbocycles. The van der Waals surface area contributed by atoms with Crippen LogP contribution in [0.4, 0.5) is 25.8 Å². The quantitative estimate of drug-likeness (QED) is 0.226. The first-order valence-electron chi connectivity index (χ1n) is 13.2. The predicted molar refractivity (Wildman–Crippen MR) is 160 cm³/mol. The van der Waals surface area contributed by atoms with Crippen molar-refractivity contribution in [2.75, 3.05) is 23.7 Å². The second-order valence-corrected chi connectivity index (χ2v) is 9.71. The first-order valence-corrected chi connectivity index (χ1v) is 13.6. The number of rotatable bonds is 10. The highest BCUT2D eigenvalue weighted by Crippen LogP contribution is 2.22. The Labute approximate surface area is 247 Å². The maximum Gasteiger partial charge on any atom is 0.330 e. The molecule has 0 radical (unpaired) electrons. The van der Waals surface area contributed by atoms with Gasteiger partial charge in [0.05, 0.1) is 24.7 Å². The van der Waals surface area contributed by atoms with E-state index in [0.717, 1.165) is 10.5 Å². The molecule has 42 heavy (non-hydrogen) atoms. The van der Waals surface area contributed by atoms with E-state index in [1.165, 1.54) is 16.8 Å². The van der Waals surface area contributed by atoms with Gasteiger partial charge in [0.2, 0.25) is 0 Å². The molecule has 6 amide bonds. The zero-order chi connectivity index (χ0) is 30.8. The van der Waals surface area contributed by atoms with Crippen molar-refractivity contribution in [3.05, 3.63) is 92.9 Å². The average molecular weight is 597 g/mol. The van der Waals surface area contributed by atoms with Gasteiger partial charge in [-0.05, 0) is 44.0 Å². The third kappa shape index (κ3) is 8.33. The molecule has 1 aromatic heterocycles. The van der Waals surface area contributed by atoms with Crippen LogP contribution in [0.15, 0.2) is 65.6 Å². The van der Waals surface area contributed by atoms with Gasteiger partial charge in [-0.3, -0.25) is 9.59 Å². The molecular weight excluding hydrogens is 564 g/mol. The molecule has 1 atom stereocenters. The second kappa shape index (κ2) is 14.7. The average Bonchev–Trinajstić information content (AvgIpc) is 2.93. The van der Waals surface area contributed by atoms with Gasteiger partial charge >= 0.3 is 24.1 Å². The van der Waals surface area contributed by atoms with Gasteiger partial charge in [-0.15, -0.1) is 0 Å². The number of aromatic nitrogens is 1. The lowest BCUT2D eigenvalue weighted by Crippen LogP contribution is -2.46. The number of pyridine rings is 1. The Balaban J connectivity index is 1.97. The number of imide groups is 1. The molecule has 13 heteroatoms. The van der Waals surface area contributed by atoms with E-state index in [1.807, 2.05) is 6.92 Å². The van der Waals surface area contributed by atoms with Crippen LogP contribution >= 0.6 is 11.6 Å². The molecule has 0 fully saturated rings. The van der Waals surface area contributed by atoms with E-state index in [-0.39, 0.29) is 24.5 Å². The van der Waals surface area contributed by atoms with Crippen LogP contribution in [-0.2, 0) is 11.3 Å². The smallest absolute Gasteiger partial charge is 0.330 e. The van der Waals surface area contributed by atoms with Crippen molar-refractivity contribution in [3.63, 3.8) is 0 Å². The van der Waals surface area contributed by atoms with E-state index >= 15 is 0 Å².